The van der Waals surface area contributed by atoms with Crippen molar-refractivity contribution in [1.82, 2.24) is 5.32 Å². The second-order valence-electron chi connectivity index (χ2n) is 22.8. The van der Waals surface area contributed by atoms with Gasteiger partial charge in [0.2, 0.25) is 5.91 Å². The molecule has 0 aliphatic rings. The Labute approximate surface area is 462 Å². The maximum absolute atomic E-state index is 12.5. The SMILES string of the molecule is CCC/C=C\C/C=C\CCCCCCCC(=O)OCCCCCCCCCCCCCCCCCCCCCCCCCCCCCCCC(=O)NC(CO)C(O)/C=C/CCCCCCCCCCCCCCC. The van der Waals surface area contributed by atoms with Crippen molar-refractivity contribution in [3.8, 4) is 0 Å². The number of hydrogen-bond acceptors (Lipinski definition) is 5. The highest BCUT2D eigenvalue weighted by Gasteiger charge is 2.18. The van der Waals surface area contributed by atoms with Gasteiger partial charge in [0.25, 0.3) is 0 Å². The molecule has 0 radical (unpaired) electrons. The van der Waals surface area contributed by atoms with Crippen LogP contribution in [-0.2, 0) is 14.3 Å². The van der Waals surface area contributed by atoms with Crippen molar-refractivity contribution in [2.45, 2.75) is 373 Å². The van der Waals surface area contributed by atoms with Crippen LogP contribution in [0.25, 0.3) is 0 Å². The lowest BCUT2D eigenvalue weighted by molar-refractivity contribution is -0.143. The van der Waals surface area contributed by atoms with Crippen LogP contribution in [0.15, 0.2) is 36.5 Å². The van der Waals surface area contributed by atoms with Gasteiger partial charge in [0, 0.05) is 12.8 Å². The van der Waals surface area contributed by atoms with Crippen molar-refractivity contribution in [3.63, 3.8) is 0 Å². The number of aliphatic hydroxyl groups excluding tert-OH is 2. The van der Waals surface area contributed by atoms with Gasteiger partial charge in [0.15, 0.2) is 0 Å². The highest BCUT2D eigenvalue weighted by Crippen LogP contribution is 2.18. The summed E-state index contributed by atoms with van der Waals surface area (Å²) in [5.41, 5.74) is 0. The van der Waals surface area contributed by atoms with Crippen LogP contribution in [-0.4, -0.2) is 47.4 Å². The fourth-order valence-corrected chi connectivity index (χ4v) is 10.3. The molecule has 3 N–H and O–H groups in total. The molecule has 0 saturated heterocycles. The summed E-state index contributed by atoms with van der Waals surface area (Å²) in [7, 11) is 0. The zero-order chi connectivity index (χ0) is 53.6. The Morgan fingerprint density at radius 3 is 1.08 bits per heavy atom. The van der Waals surface area contributed by atoms with Gasteiger partial charge in [-0.2, -0.15) is 0 Å². The van der Waals surface area contributed by atoms with Gasteiger partial charge < -0.3 is 20.3 Å². The first-order chi connectivity index (χ1) is 36.5. The fraction of sp³-hybridized carbons (Fsp3) is 0.882. The number of rotatable bonds is 62. The summed E-state index contributed by atoms with van der Waals surface area (Å²) in [6, 6.07) is -0.625. The minimum Gasteiger partial charge on any atom is -0.466 e. The number of amides is 1. The largest absolute Gasteiger partial charge is 0.466 e. The lowest BCUT2D eigenvalue weighted by Crippen LogP contribution is -2.45. The monoisotopic (exact) mass is 1040 g/mol. The number of allylic oxidation sites excluding steroid dienone is 5. The number of unbranched alkanes of at least 4 members (excludes halogenated alkanes) is 47. The Morgan fingerprint density at radius 2 is 0.703 bits per heavy atom. The first kappa shape index (κ1) is 72.1. The van der Waals surface area contributed by atoms with E-state index < -0.39 is 12.1 Å². The normalized spacial score (nSPS) is 12.8. The van der Waals surface area contributed by atoms with Crippen LogP contribution < -0.4 is 5.32 Å². The molecule has 0 aliphatic carbocycles. The lowest BCUT2D eigenvalue weighted by atomic mass is 10.0. The molecule has 0 bridgehead atoms. The Bertz CT molecular complexity index is 1200. The van der Waals surface area contributed by atoms with Gasteiger partial charge in [-0.3, -0.25) is 9.59 Å². The molecule has 0 heterocycles. The highest BCUT2D eigenvalue weighted by molar-refractivity contribution is 5.76. The lowest BCUT2D eigenvalue weighted by Gasteiger charge is -2.20. The van der Waals surface area contributed by atoms with Crippen LogP contribution >= 0.6 is 0 Å². The predicted octanol–water partition coefficient (Wildman–Crippen LogP) is 21.1. The van der Waals surface area contributed by atoms with E-state index in [1.165, 1.54) is 283 Å². The number of aliphatic hydroxyl groups is 2. The van der Waals surface area contributed by atoms with Gasteiger partial charge in [-0.25, -0.2) is 0 Å². The van der Waals surface area contributed by atoms with E-state index in [-0.39, 0.29) is 18.5 Å². The Morgan fingerprint density at radius 1 is 0.378 bits per heavy atom. The number of ether oxygens (including phenoxy) is 1. The average molecular weight is 1040 g/mol. The third-order valence-electron chi connectivity index (χ3n) is 15.4. The zero-order valence-corrected chi connectivity index (χ0v) is 49.8. The van der Waals surface area contributed by atoms with E-state index in [4.69, 9.17) is 4.74 Å². The standard InChI is InChI=1S/C68H129NO5/c1-3-5-7-9-11-13-15-17-33-37-40-44-48-52-56-60-66(71)65(64-70)69-67(72)61-57-53-49-45-41-38-34-31-29-27-25-23-21-19-18-20-22-24-26-28-30-32-35-39-43-47-51-55-59-63-74-68(73)62-58-54-50-46-42-36-16-14-12-10-8-6-4-2/h8,10,14,16,56,60,65-66,70-71H,3-7,9,11-13,15,17-55,57-59,61-64H2,1-2H3,(H,69,72)/b10-8-,16-14-,60-56+. The van der Waals surface area contributed by atoms with E-state index in [0.29, 0.717) is 19.4 Å². The van der Waals surface area contributed by atoms with Crippen molar-refractivity contribution < 1.29 is 24.5 Å². The highest BCUT2D eigenvalue weighted by atomic mass is 16.5. The summed E-state index contributed by atoms with van der Waals surface area (Å²) in [6.45, 7) is 4.86. The zero-order valence-electron chi connectivity index (χ0n) is 49.8. The molecule has 6 nitrogen and oxygen atoms in total. The minimum absolute atomic E-state index is 0.00381. The number of carbonyl (C=O) groups is 2. The molecule has 0 aromatic rings. The van der Waals surface area contributed by atoms with Gasteiger partial charge in [-0.15, -0.1) is 0 Å². The molecule has 0 rings (SSSR count). The van der Waals surface area contributed by atoms with Crippen LogP contribution in [0.1, 0.15) is 361 Å². The molecular formula is C68H129NO5. The summed E-state index contributed by atoms with van der Waals surface area (Å²) in [4.78, 5) is 24.5. The van der Waals surface area contributed by atoms with E-state index in [1.54, 1.807) is 6.08 Å². The van der Waals surface area contributed by atoms with Crippen molar-refractivity contribution in [3.05, 3.63) is 36.5 Å². The third kappa shape index (κ3) is 59.3. The molecule has 0 fully saturated rings. The number of carbonyl (C=O) groups excluding carboxylic acids is 2. The molecule has 1 amide bonds. The molecule has 74 heavy (non-hydrogen) atoms. The van der Waals surface area contributed by atoms with Crippen LogP contribution in [0.2, 0.25) is 0 Å². The number of hydrogen-bond donors (Lipinski definition) is 3. The molecule has 0 saturated carbocycles. The Hall–Kier alpha value is -1.92. The third-order valence-corrected chi connectivity index (χ3v) is 15.4. The Balaban J connectivity index is 3.35. The van der Waals surface area contributed by atoms with E-state index in [2.05, 4.69) is 43.5 Å². The smallest absolute Gasteiger partial charge is 0.305 e. The second kappa shape index (κ2) is 63.6. The summed E-state index contributed by atoms with van der Waals surface area (Å²) >= 11 is 0. The maximum Gasteiger partial charge on any atom is 0.305 e. The minimum atomic E-state index is -0.842. The van der Waals surface area contributed by atoms with Crippen molar-refractivity contribution in [2.75, 3.05) is 13.2 Å². The molecular weight excluding hydrogens is 911 g/mol. The van der Waals surface area contributed by atoms with E-state index >= 15 is 0 Å². The molecule has 0 spiro atoms. The molecule has 436 valence electrons. The Kier molecular flexibility index (Phi) is 62.0. The quantitative estimate of drug-likeness (QED) is 0.0320. The van der Waals surface area contributed by atoms with Crippen LogP contribution in [0, 0.1) is 0 Å². The van der Waals surface area contributed by atoms with Crippen LogP contribution in [0.5, 0.6) is 0 Å². The average Bonchev–Trinajstić information content (AvgIpc) is 3.40. The van der Waals surface area contributed by atoms with E-state index in [1.807, 2.05) is 6.08 Å². The van der Waals surface area contributed by atoms with Crippen molar-refractivity contribution in [1.29, 1.82) is 0 Å². The maximum atomic E-state index is 12.5. The van der Waals surface area contributed by atoms with Gasteiger partial charge >= 0.3 is 5.97 Å². The van der Waals surface area contributed by atoms with Gasteiger partial charge in [0.1, 0.15) is 0 Å². The summed E-state index contributed by atoms with van der Waals surface area (Å²) in [5, 5.41) is 23.2. The van der Waals surface area contributed by atoms with E-state index in [9.17, 15) is 19.8 Å². The van der Waals surface area contributed by atoms with Gasteiger partial charge in [0.05, 0.1) is 25.4 Å². The molecule has 0 aromatic carbocycles. The molecule has 0 aliphatic heterocycles. The van der Waals surface area contributed by atoms with Gasteiger partial charge in [-0.1, -0.05) is 326 Å². The molecule has 2 unspecified atom stereocenters. The first-order valence-corrected chi connectivity index (χ1v) is 33.3. The predicted molar refractivity (Wildman–Crippen MR) is 324 cm³/mol. The van der Waals surface area contributed by atoms with Crippen LogP contribution in [0.4, 0.5) is 0 Å². The molecule has 2 atom stereocenters. The van der Waals surface area contributed by atoms with Crippen LogP contribution in [0.3, 0.4) is 0 Å². The molecule has 0 aromatic heterocycles. The summed E-state index contributed by atoms with van der Waals surface area (Å²) in [5.74, 6) is -0.0589. The first-order valence-electron chi connectivity index (χ1n) is 33.3. The molecule has 6 heteroatoms. The number of esters is 1. The fourth-order valence-electron chi connectivity index (χ4n) is 10.3. The van der Waals surface area contributed by atoms with Gasteiger partial charge in [-0.05, 0) is 57.8 Å². The summed E-state index contributed by atoms with van der Waals surface area (Å²) < 4.78 is 5.47. The number of nitrogens with one attached hydrogen (secondary N) is 1. The van der Waals surface area contributed by atoms with Crippen molar-refractivity contribution in [2.24, 2.45) is 0 Å². The summed E-state index contributed by atoms with van der Waals surface area (Å²) in [6.07, 6.45) is 80.7. The van der Waals surface area contributed by atoms with E-state index in [0.717, 1.165) is 51.4 Å². The topological polar surface area (TPSA) is 95.9 Å². The second-order valence-corrected chi connectivity index (χ2v) is 22.8. The van der Waals surface area contributed by atoms with Crippen molar-refractivity contribution >= 4 is 11.9 Å².